The van der Waals surface area contributed by atoms with E-state index in [1.165, 1.54) is 63.0 Å². The third kappa shape index (κ3) is 5.91. The summed E-state index contributed by atoms with van der Waals surface area (Å²) < 4.78 is 0. The maximum absolute atomic E-state index is 5.74. The summed E-state index contributed by atoms with van der Waals surface area (Å²) in [6.07, 6.45) is 9.40. The van der Waals surface area contributed by atoms with Crippen molar-refractivity contribution in [2.75, 3.05) is 25.1 Å². The highest BCUT2D eigenvalue weighted by atomic mass is 32.2. The molecule has 0 aromatic rings. The van der Waals surface area contributed by atoms with Gasteiger partial charge in [-0.1, -0.05) is 45.4 Å². The van der Waals surface area contributed by atoms with Crippen molar-refractivity contribution in [2.45, 2.75) is 64.0 Å². The normalized spacial score (nSPS) is 23.2. The molecule has 1 fully saturated rings. The van der Waals surface area contributed by atoms with Gasteiger partial charge in [0.25, 0.3) is 0 Å². The van der Waals surface area contributed by atoms with Crippen molar-refractivity contribution in [2.24, 2.45) is 5.84 Å². The number of unbranched alkanes of at least 4 members (excludes halogenated alkanes) is 5. The predicted molar refractivity (Wildman–Crippen MR) is 82.8 cm³/mol. The molecule has 2 atom stereocenters. The zero-order valence-corrected chi connectivity index (χ0v) is 13.0. The Bertz CT molecular complexity index is 201. The van der Waals surface area contributed by atoms with Crippen LogP contribution in [0.25, 0.3) is 0 Å². The Labute approximate surface area is 117 Å². The lowest BCUT2D eigenvalue weighted by atomic mass is 10.0. The van der Waals surface area contributed by atoms with Gasteiger partial charge in [0.2, 0.25) is 0 Å². The number of likely N-dealkylation sites (N-methyl/N-ethyl adjacent to an activating group) is 1. The van der Waals surface area contributed by atoms with E-state index in [9.17, 15) is 0 Å². The van der Waals surface area contributed by atoms with Crippen molar-refractivity contribution < 1.29 is 0 Å². The van der Waals surface area contributed by atoms with Crippen LogP contribution in [0.2, 0.25) is 0 Å². The Balaban J connectivity index is 2.16. The number of hydrazine groups is 1. The van der Waals surface area contributed by atoms with E-state index < -0.39 is 0 Å². The second kappa shape index (κ2) is 10.1. The van der Waals surface area contributed by atoms with Crippen molar-refractivity contribution in [3.63, 3.8) is 0 Å². The van der Waals surface area contributed by atoms with Gasteiger partial charge in [-0.05, 0) is 13.5 Å². The minimum absolute atomic E-state index is 0.467. The quantitative estimate of drug-likeness (QED) is 0.385. The molecule has 0 amide bonds. The molecule has 1 rings (SSSR count). The lowest BCUT2D eigenvalue weighted by molar-refractivity contribution is 0.206. The SMILES string of the molecule is CCCCCCCCC(NN)C1CSCCN1C. The van der Waals surface area contributed by atoms with Crippen LogP contribution in [0, 0.1) is 0 Å². The van der Waals surface area contributed by atoms with Gasteiger partial charge in [-0.25, -0.2) is 0 Å². The standard InChI is InChI=1S/C14H31N3S/c1-3-4-5-6-7-8-9-13(16-15)14-12-18-11-10-17(14)2/h13-14,16H,3-12,15H2,1-2H3. The molecule has 1 heterocycles. The number of nitrogens with zero attached hydrogens (tertiary/aromatic N) is 1. The molecule has 1 aliphatic heterocycles. The molecule has 3 N–H and O–H groups in total. The molecular weight excluding hydrogens is 242 g/mol. The Morgan fingerprint density at radius 2 is 2.00 bits per heavy atom. The monoisotopic (exact) mass is 273 g/mol. The van der Waals surface area contributed by atoms with Crippen molar-refractivity contribution in [1.82, 2.24) is 10.3 Å². The van der Waals surface area contributed by atoms with Gasteiger partial charge in [-0.15, -0.1) is 0 Å². The van der Waals surface area contributed by atoms with Crippen LogP contribution >= 0.6 is 11.8 Å². The van der Waals surface area contributed by atoms with Gasteiger partial charge in [-0.3, -0.25) is 11.3 Å². The molecule has 0 aliphatic carbocycles. The van der Waals surface area contributed by atoms with Crippen LogP contribution in [0.4, 0.5) is 0 Å². The Hall–Kier alpha value is 0.230. The van der Waals surface area contributed by atoms with E-state index >= 15 is 0 Å². The first-order chi connectivity index (χ1) is 8.79. The van der Waals surface area contributed by atoms with E-state index in [0.29, 0.717) is 12.1 Å². The Morgan fingerprint density at radius 1 is 1.28 bits per heavy atom. The fourth-order valence-electron chi connectivity index (χ4n) is 2.66. The first-order valence-electron chi connectivity index (χ1n) is 7.53. The van der Waals surface area contributed by atoms with E-state index in [1.807, 2.05) is 0 Å². The second-order valence-electron chi connectivity index (χ2n) is 5.45. The molecule has 1 aliphatic rings. The first-order valence-corrected chi connectivity index (χ1v) is 8.69. The summed E-state index contributed by atoms with van der Waals surface area (Å²) in [6.45, 7) is 3.47. The molecule has 4 heteroatoms. The van der Waals surface area contributed by atoms with Gasteiger partial charge >= 0.3 is 0 Å². The zero-order chi connectivity index (χ0) is 13.2. The summed E-state index contributed by atoms with van der Waals surface area (Å²) >= 11 is 2.06. The molecule has 0 aromatic heterocycles. The highest BCUT2D eigenvalue weighted by Crippen LogP contribution is 2.20. The van der Waals surface area contributed by atoms with Crippen molar-refractivity contribution in [3.05, 3.63) is 0 Å². The lowest BCUT2D eigenvalue weighted by Crippen LogP contribution is -2.54. The van der Waals surface area contributed by atoms with Crippen LogP contribution in [0.3, 0.4) is 0 Å². The summed E-state index contributed by atoms with van der Waals surface area (Å²) in [5.41, 5.74) is 3.05. The zero-order valence-electron chi connectivity index (χ0n) is 12.2. The number of hydrogen-bond acceptors (Lipinski definition) is 4. The Morgan fingerprint density at radius 3 is 2.67 bits per heavy atom. The first kappa shape index (κ1) is 16.3. The highest BCUT2D eigenvalue weighted by molar-refractivity contribution is 7.99. The van der Waals surface area contributed by atoms with Crippen molar-refractivity contribution in [3.8, 4) is 0 Å². The summed E-state index contributed by atoms with van der Waals surface area (Å²) in [5.74, 6) is 8.23. The van der Waals surface area contributed by atoms with Crippen molar-refractivity contribution in [1.29, 1.82) is 0 Å². The average molecular weight is 273 g/mol. The van der Waals surface area contributed by atoms with Gasteiger partial charge in [0.15, 0.2) is 0 Å². The smallest absolute Gasteiger partial charge is 0.0374 e. The van der Waals surface area contributed by atoms with E-state index in [2.05, 4.69) is 36.1 Å². The largest absolute Gasteiger partial charge is 0.300 e. The summed E-state index contributed by atoms with van der Waals surface area (Å²) in [4.78, 5) is 2.47. The van der Waals surface area contributed by atoms with Crippen molar-refractivity contribution >= 4 is 11.8 Å². The second-order valence-corrected chi connectivity index (χ2v) is 6.60. The number of rotatable bonds is 9. The average Bonchev–Trinajstić information content (AvgIpc) is 2.39. The number of hydrogen-bond donors (Lipinski definition) is 2. The maximum Gasteiger partial charge on any atom is 0.0374 e. The summed E-state index contributed by atoms with van der Waals surface area (Å²) in [6, 6.07) is 1.08. The van der Waals surface area contributed by atoms with Crippen LogP contribution in [-0.2, 0) is 0 Å². The molecule has 108 valence electrons. The number of nitrogens with two attached hydrogens (primary N) is 1. The Kier molecular flexibility index (Phi) is 9.11. The van der Waals surface area contributed by atoms with Crippen LogP contribution in [-0.4, -0.2) is 42.1 Å². The van der Waals surface area contributed by atoms with Gasteiger partial charge in [-0.2, -0.15) is 11.8 Å². The van der Waals surface area contributed by atoms with E-state index in [4.69, 9.17) is 5.84 Å². The number of nitrogens with one attached hydrogen (secondary N) is 1. The molecule has 0 spiro atoms. The maximum atomic E-state index is 5.74. The van der Waals surface area contributed by atoms with Gasteiger partial charge < -0.3 is 4.90 Å². The molecule has 2 unspecified atom stereocenters. The van der Waals surface area contributed by atoms with Crippen LogP contribution < -0.4 is 11.3 Å². The molecule has 0 aromatic carbocycles. The van der Waals surface area contributed by atoms with Crippen LogP contribution in [0.5, 0.6) is 0 Å². The molecule has 0 bridgehead atoms. The fraction of sp³-hybridized carbons (Fsp3) is 1.00. The van der Waals surface area contributed by atoms with E-state index in [1.54, 1.807) is 0 Å². The molecule has 3 nitrogen and oxygen atoms in total. The van der Waals surface area contributed by atoms with E-state index in [0.717, 1.165) is 0 Å². The molecule has 0 radical (unpaired) electrons. The third-order valence-corrected chi connectivity index (χ3v) is 5.04. The lowest BCUT2D eigenvalue weighted by Gasteiger charge is -2.37. The highest BCUT2D eigenvalue weighted by Gasteiger charge is 2.26. The minimum atomic E-state index is 0.467. The van der Waals surface area contributed by atoms with E-state index in [-0.39, 0.29) is 0 Å². The summed E-state index contributed by atoms with van der Waals surface area (Å²) in [7, 11) is 2.23. The topological polar surface area (TPSA) is 41.3 Å². The minimum Gasteiger partial charge on any atom is -0.300 e. The van der Waals surface area contributed by atoms with Gasteiger partial charge in [0.1, 0.15) is 0 Å². The van der Waals surface area contributed by atoms with Gasteiger partial charge in [0, 0.05) is 30.1 Å². The third-order valence-electron chi connectivity index (χ3n) is 3.99. The number of thioether (sulfide) groups is 1. The predicted octanol–water partition coefficient (Wildman–Crippen LogP) is 2.62. The molecular formula is C14H31N3S. The van der Waals surface area contributed by atoms with Crippen LogP contribution in [0.1, 0.15) is 51.9 Å². The molecule has 1 saturated heterocycles. The molecule has 0 saturated carbocycles. The fourth-order valence-corrected chi connectivity index (χ4v) is 3.97. The summed E-state index contributed by atoms with van der Waals surface area (Å²) in [5, 5.41) is 0. The molecule has 18 heavy (non-hydrogen) atoms. The van der Waals surface area contributed by atoms with Crippen LogP contribution in [0.15, 0.2) is 0 Å². The van der Waals surface area contributed by atoms with Gasteiger partial charge in [0.05, 0.1) is 0 Å².